The molecule has 0 unspecified atom stereocenters. The van der Waals surface area contributed by atoms with Crippen LogP contribution in [0.3, 0.4) is 0 Å². The van der Waals surface area contributed by atoms with Crippen LogP contribution in [-0.4, -0.2) is 0 Å². The summed E-state index contributed by atoms with van der Waals surface area (Å²) in [5.74, 6) is -5.57. The molecule has 0 atom stereocenters. The van der Waals surface area contributed by atoms with Gasteiger partial charge >= 0.3 is 0 Å². The first kappa shape index (κ1) is 132. The van der Waals surface area contributed by atoms with Crippen molar-refractivity contribution in [1.82, 2.24) is 0 Å². The first-order valence-corrected chi connectivity index (χ1v) is 48.2. The van der Waals surface area contributed by atoms with Gasteiger partial charge in [0.2, 0.25) is 0 Å². The van der Waals surface area contributed by atoms with Gasteiger partial charge in [-0.3, -0.25) is 0 Å². The molecule has 0 aliphatic heterocycles. The van der Waals surface area contributed by atoms with Crippen LogP contribution in [0.15, 0.2) is 305 Å². The zero-order valence-corrected chi connectivity index (χ0v) is 92.2. The molecule has 0 saturated carbocycles. The van der Waals surface area contributed by atoms with Crippen molar-refractivity contribution in [2.24, 2.45) is 0 Å². The maximum Gasteiger partial charge on any atom is 0.133 e. The highest BCUT2D eigenvalue weighted by Gasteiger charge is 2.10. The van der Waals surface area contributed by atoms with E-state index in [0.29, 0.717) is 55.6 Å². The topological polar surface area (TPSA) is 0 Å². The lowest BCUT2D eigenvalue weighted by molar-refractivity contribution is 0.565. The predicted molar refractivity (Wildman–Crippen MR) is 600 cm³/mol. The summed E-state index contributed by atoms with van der Waals surface area (Å²) in [6.07, 6.45) is 4.53. The molecule has 0 spiro atoms. The third kappa shape index (κ3) is 54.7. The minimum atomic E-state index is -0.558. The van der Waals surface area contributed by atoms with Crippen LogP contribution in [0.2, 0.25) is 0 Å². The molecule has 0 bridgehead atoms. The summed E-state index contributed by atoms with van der Waals surface area (Å²) in [5, 5.41) is 0. The van der Waals surface area contributed by atoms with Gasteiger partial charge in [-0.25, -0.2) is 65.9 Å². The number of halogens is 15. The fourth-order valence-electron chi connectivity index (χ4n) is 12.1. The maximum absolute atomic E-state index is 12.8. The van der Waals surface area contributed by atoms with E-state index in [2.05, 4.69) is 243 Å². The van der Waals surface area contributed by atoms with Crippen LogP contribution in [0.5, 0.6) is 0 Å². The zero-order chi connectivity index (χ0) is 113. The standard InChI is InChI=1S/C10H14.C9H8F2.C9H9F.C9H10.4C8H8F2.4C8H9F.4C8H10/c1-7-5-8(2)10(4)9(3)6-7;1-3-7-8(10)4-6(2)5-9(7)11;1-3-8-5-4-7(2)6-9(8)10;1-3-9-6-4-8(2)5-7-9;4*1-5-3-7(9)6(2)8(10)4-5;4*1-6-3-4-7(2)8(9)5-6;4*1-7-3-5-8(2)6-4-7/h5-6H,1-4H3;3-5H,1H2,2H3;3-6H,1H2,2H3;3-7H,1H2,2H3;4*3-4H,1-2H3;4*3-5H,1-2H3;4*3-6H,1-2H3. The average Bonchev–Trinajstić information content (AvgIpc) is 0.781. The van der Waals surface area contributed by atoms with Gasteiger partial charge in [-0.2, -0.15) is 0 Å². The minimum absolute atomic E-state index is 0.0596. The molecule has 16 aromatic carbocycles. The number of benzene rings is 16. The summed E-state index contributed by atoms with van der Waals surface area (Å²) in [4.78, 5) is 0. The van der Waals surface area contributed by atoms with Crippen LogP contribution in [-0.2, 0) is 0 Å². The molecule has 0 amide bonds. The van der Waals surface area contributed by atoms with E-state index < -0.39 is 58.2 Å². The summed E-state index contributed by atoms with van der Waals surface area (Å²) in [6.45, 7) is 68.3. The van der Waals surface area contributed by atoms with Gasteiger partial charge in [0, 0.05) is 33.4 Å². The van der Waals surface area contributed by atoms with E-state index in [-0.39, 0.29) is 56.9 Å². The average molecular weight is 2030 g/mol. The van der Waals surface area contributed by atoms with E-state index in [1.54, 1.807) is 92.6 Å². The summed E-state index contributed by atoms with van der Waals surface area (Å²) in [6, 6.07) is 85.7. The van der Waals surface area contributed by atoms with E-state index in [1.807, 2.05) is 71.0 Å². The number of aryl methyl sites for hydroxylation is 26. The van der Waals surface area contributed by atoms with Crippen molar-refractivity contribution in [2.75, 3.05) is 0 Å². The SMILES string of the molecule is C=Cc1c(F)cc(C)cc1F.C=Cc1ccc(C)cc1.C=Cc1ccc(C)cc1F.Cc1cc(C)c(C)c(C)c1.Cc1cc(F)c(C)c(F)c1.Cc1cc(F)c(C)c(F)c1.Cc1cc(F)c(C)c(F)c1.Cc1cc(F)c(C)c(F)c1.Cc1ccc(C)c(F)c1.Cc1ccc(C)c(F)c1.Cc1ccc(C)c(F)c1.Cc1ccc(C)c(F)c1.Cc1ccc(C)cc1.Cc1ccc(C)cc1.Cc1ccc(C)cc1.Cc1ccc(C)cc1. The van der Waals surface area contributed by atoms with Gasteiger partial charge in [-0.15, -0.1) is 0 Å². The van der Waals surface area contributed by atoms with Gasteiger partial charge in [0.05, 0.1) is 0 Å². The highest BCUT2D eigenvalue weighted by atomic mass is 19.2. The van der Waals surface area contributed by atoms with Gasteiger partial charge < -0.3 is 0 Å². The largest absolute Gasteiger partial charge is 0.207 e. The lowest BCUT2D eigenvalue weighted by Crippen LogP contribution is -1.89. The quantitative estimate of drug-likeness (QED) is 0.155. The fourth-order valence-corrected chi connectivity index (χ4v) is 12.1. The van der Waals surface area contributed by atoms with E-state index in [1.165, 1.54) is 209 Å². The van der Waals surface area contributed by atoms with Crippen molar-refractivity contribution in [3.05, 3.63) is 581 Å². The Morgan fingerprint density at radius 2 is 0.284 bits per heavy atom. The van der Waals surface area contributed by atoms with E-state index in [9.17, 15) is 65.9 Å². The van der Waals surface area contributed by atoms with Crippen molar-refractivity contribution >= 4 is 18.2 Å². The summed E-state index contributed by atoms with van der Waals surface area (Å²) >= 11 is 0. The molecule has 0 nitrogen and oxygen atoms in total. The third-order valence-electron chi connectivity index (χ3n) is 22.1. The second-order valence-corrected chi connectivity index (χ2v) is 36.8. The second kappa shape index (κ2) is 68.9. The van der Waals surface area contributed by atoms with Gasteiger partial charge in [0.1, 0.15) is 87.3 Å². The first-order chi connectivity index (χ1) is 69.2. The van der Waals surface area contributed by atoms with Crippen LogP contribution in [0.4, 0.5) is 65.9 Å². The van der Waals surface area contributed by atoms with E-state index in [4.69, 9.17) is 0 Å². The molecule has 0 N–H and O–H groups in total. The third-order valence-corrected chi connectivity index (χ3v) is 22.1. The highest BCUT2D eigenvalue weighted by molar-refractivity contribution is 5.51. The van der Waals surface area contributed by atoms with Crippen molar-refractivity contribution in [1.29, 1.82) is 0 Å². The Morgan fingerprint density at radius 1 is 0.128 bits per heavy atom. The van der Waals surface area contributed by atoms with Gasteiger partial charge in [0.25, 0.3) is 0 Å². The Hall–Kier alpha value is -14.3. The van der Waals surface area contributed by atoms with Crippen LogP contribution in [0.25, 0.3) is 18.2 Å². The van der Waals surface area contributed by atoms with Crippen LogP contribution in [0, 0.1) is 302 Å². The van der Waals surface area contributed by atoms with Crippen molar-refractivity contribution < 1.29 is 65.9 Å². The Bertz CT molecular complexity index is 5850. The predicted octanol–water partition coefficient (Wildman–Crippen LogP) is 40.6. The molecule has 0 heterocycles. The molecule has 15 heteroatoms. The lowest BCUT2D eigenvalue weighted by Gasteiger charge is -2.04. The zero-order valence-electron chi connectivity index (χ0n) is 92.2. The Balaban J connectivity index is 0.000000790. The molecule has 0 saturated heterocycles. The lowest BCUT2D eigenvalue weighted by atomic mass is 10.0. The first-order valence-electron chi connectivity index (χ1n) is 48.2. The molecule has 0 fully saturated rings. The molecule has 16 rings (SSSR count). The Morgan fingerprint density at radius 3 is 0.446 bits per heavy atom. The summed E-state index contributed by atoms with van der Waals surface area (Å²) in [7, 11) is 0. The van der Waals surface area contributed by atoms with Crippen molar-refractivity contribution in [3.63, 3.8) is 0 Å². The molecule has 0 aromatic heterocycles. The molecule has 16 aromatic rings. The van der Waals surface area contributed by atoms with Gasteiger partial charge in [-0.1, -0.05) is 288 Å². The second-order valence-electron chi connectivity index (χ2n) is 36.8. The highest BCUT2D eigenvalue weighted by Crippen LogP contribution is 2.22. The molecule has 0 radical (unpaired) electrons. The van der Waals surface area contributed by atoms with E-state index in [0.717, 1.165) is 27.8 Å². The molecule has 786 valence electrons. The molecule has 0 aliphatic rings. The Kier molecular flexibility index (Phi) is 61.4. The number of hydrogen-bond donors (Lipinski definition) is 0. The molecule has 0 aliphatic carbocycles. The smallest absolute Gasteiger partial charge is 0.133 e. The number of rotatable bonds is 3. The molecular weight excluding hydrogens is 1880 g/mol. The van der Waals surface area contributed by atoms with Gasteiger partial charge in [-0.05, 0) is 406 Å². The molecular formula is C133H149F15. The van der Waals surface area contributed by atoms with Crippen LogP contribution < -0.4 is 0 Å². The minimum Gasteiger partial charge on any atom is -0.207 e. The normalized spacial score (nSPS) is 9.64. The summed E-state index contributed by atoms with van der Waals surface area (Å²) < 4.78 is 190. The van der Waals surface area contributed by atoms with E-state index >= 15 is 0 Å². The molecule has 148 heavy (non-hydrogen) atoms. The van der Waals surface area contributed by atoms with Crippen molar-refractivity contribution in [2.45, 2.75) is 215 Å². The monoisotopic (exact) mass is 2030 g/mol. The maximum atomic E-state index is 12.8. The fraction of sp³-hybridized carbons (Fsp3) is 0.233. The Labute approximate surface area is 874 Å². The van der Waals surface area contributed by atoms with Crippen LogP contribution >= 0.6 is 0 Å². The van der Waals surface area contributed by atoms with Crippen LogP contribution in [0.1, 0.15) is 189 Å². The van der Waals surface area contributed by atoms with Gasteiger partial charge in [0.15, 0.2) is 0 Å². The number of hydrogen-bond acceptors (Lipinski definition) is 0. The summed E-state index contributed by atoms with van der Waals surface area (Å²) in [5.41, 5.74) is 30.2. The van der Waals surface area contributed by atoms with Crippen molar-refractivity contribution in [3.8, 4) is 0 Å².